The number of fused-ring (bicyclic) bond motifs is 2. The van der Waals surface area contributed by atoms with E-state index in [1.54, 1.807) is 24.3 Å². The quantitative estimate of drug-likeness (QED) is 0.246. The van der Waals surface area contributed by atoms with E-state index in [-0.39, 0.29) is 75.1 Å². The normalized spacial score (nSPS) is 19.2. The van der Waals surface area contributed by atoms with Crippen LogP contribution in [-0.4, -0.2) is 89.9 Å². The Hall–Kier alpha value is -4.06. The van der Waals surface area contributed by atoms with Gasteiger partial charge in [0.25, 0.3) is 0 Å². The minimum Gasteiger partial charge on any atom is -0.462 e. The van der Waals surface area contributed by atoms with Crippen molar-refractivity contribution in [3.63, 3.8) is 0 Å². The molecule has 11 heteroatoms. The van der Waals surface area contributed by atoms with Crippen LogP contribution in [0.1, 0.15) is 67.1 Å². The monoisotopic (exact) mass is 598 g/mol. The Morgan fingerprint density at radius 1 is 0.372 bits per heavy atom. The zero-order valence-corrected chi connectivity index (χ0v) is 24.2. The molecule has 0 aromatic heterocycles. The number of esters is 4. The Labute approximate surface area is 251 Å². The molecule has 1 aliphatic rings. The van der Waals surface area contributed by atoms with E-state index in [4.69, 9.17) is 33.2 Å². The molecule has 0 atom stereocenters. The maximum Gasteiger partial charge on any atom is 0.339 e. The third kappa shape index (κ3) is 12.4. The molecule has 0 spiro atoms. The van der Waals surface area contributed by atoms with E-state index in [1.165, 1.54) is 24.3 Å². The van der Waals surface area contributed by atoms with Crippen LogP contribution in [0, 0.1) is 0 Å². The summed E-state index contributed by atoms with van der Waals surface area (Å²) in [5.41, 5.74) is 0.543. The molecule has 2 aromatic carbocycles. The molecule has 0 aliphatic carbocycles. The molecule has 3 rings (SSSR count). The lowest BCUT2D eigenvalue weighted by Crippen LogP contribution is -2.18. The van der Waals surface area contributed by atoms with Gasteiger partial charge in [0.1, 0.15) is 13.2 Å². The molecule has 11 nitrogen and oxygen atoms in total. The fraction of sp³-hybridized carbons (Fsp3) is 0.438. The topological polar surface area (TPSA) is 133 Å². The maximum atomic E-state index is 12.6. The molecule has 1 aliphatic heterocycles. The number of carbonyl (C=O) groups is 4. The molecule has 0 saturated heterocycles. The van der Waals surface area contributed by atoms with E-state index in [1.807, 2.05) is 12.2 Å². The van der Waals surface area contributed by atoms with Gasteiger partial charge >= 0.3 is 23.9 Å². The van der Waals surface area contributed by atoms with Crippen molar-refractivity contribution in [3.8, 4) is 0 Å². The van der Waals surface area contributed by atoms with E-state index in [9.17, 15) is 19.2 Å². The Bertz CT molecular complexity index is 1120. The summed E-state index contributed by atoms with van der Waals surface area (Å²) in [6, 6.07) is 12.7. The molecule has 1 heterocycles. The molecule has 0 fully saturated rings. The summed E-state index contributed by atoms with van der Waals surface area (Å²) >= 11 is 0. The molecule has 0 N–H and O–H groups in total. The molecule has 0 saturated carbocycles. The fourth-order valence-electron chi connectivity index (χ4n) is 3.89. The van der Waals surface area contributed by atoms with Crippen LogP contribution < -0.4 is 0 Å². The van der Waals surface area contributed by atoms with Gasteiger partial charge in [-0.25, -0.2) is 19.2 Å². The second-order valence-electron chi connectivity index (χ2n) is 9.23. The Kier molecular flexibility index (Phi) is 15.5. The van der Waals surface area contributed by atoms with Gasteiger partial charge in [-0.3, -0.25) is 0 Å². The predicted molar refractivity (Wildman–Crippen MR) is 154 cm³/mol. The van der Waals surface area contributed by atoms with Crippen molar-refractivity contribution in [1.82, 2.24) is 0 Å². The second-order valence-corrected chi connectivity index (χ2v) is 9.23. The number of carbonyl (C=O) groups excluding carboxylic acids is 4. The van der Waals surface area contributed by atoms with Crippen molar-refractivity contribution in [1.29, 1.82) is 0 Å². The number of benzene rings is 2. The van der Waals surface area contributed by atoms with Gasteiger partial charge in [0.2, 0.25) is 0 Å². The van der Waals surface area contributed by atoms with Crippen molar-refractivity contribution in [3.05, 3.63) is 82.9 Å². The summed E-state index contributed by atoms with van der Waals surface area (Å²) in [5.74, 6) is -2.46. The number of rotatable bonds is 0. The van der Waals surface area contributed by atoms with E-state index in [2.05, 4.69) is 0 Å². The first-order valence-electron chi connectivity index (χ1n) is 14.3. The summed E-state index contributed by atoms with van der Waals surface area (Å²) < 4.78 is 37.4. The van der Waals surface area contributed by atoms with Crippen LogP contribution in [0.25, 0.3) is 0 Å². The van der Waals surface area contributed by atoms with Gasteiger partial charge < -0.3 is 33.2 Å². The van der Waals surface area contributed by atoms with Crippen molar-refractivity contribution in [2.24, 2.45) is 0 Å². The SMILES string of the molecule is O=C1OCCC/C=C/CCCOC(=O)c2ccccc2C(=O)OCCOCCOCCOCCOC(=O)c2ccccc21. The molecular weight excluding hydrogens is 560 g/mol. The summed E-state index contributed by atoms with van der Waals surface area (Å²) in [6.45, 7) is 1.93. The lowest BCUT2D eigenvalue weighted by Gasteiger charge is -2.10. The summed E-state index contributed by atoms with van der Waals surface area (Å²) in [5, 5.41) is 0. The Morgan fingerprint density at radius 3 is 0.977 bits per heavy atom. The number of cyclic esters (lactones) is 4. The van der Waals surface area contributed by atoms with Crippen molar-refractivity contribution in [2.75, 3.05) is 66.1 Å². The van der Waals surface area contributed by atoms with E-state index in [0.717, 1.165) is 0 Å². The maximum absolute atomic E-state index is 12.6. The molecule has 0 bridgehead atoms. The summed E-state index contributed by atoms with van der Waals surface area (Å²) in [7, 11) is 0. The van der Waals surface area contributed by atoms with Crippen molar-refractivity contribution < 1.29 is 52.3 Å². The van der Waals surface area contributed by atoms with Gasteiger partial charge in [-0.2, -0.15) is 0 Å². The first kappa shape index (κ1) is 33.4. The van der Waals surface area contributed by atoms with Crippen LogP contribution in [-0.2, 0) is 33.2 Å². The largest absolute Gasteiger partial charge is 0.462 e. The Balaban J connectivity index is 1.51. The standard InChI is InChI=1S/C32H38O11/c33-29-25-11-5-7-13-27(25)31(35)42-23-21-38-19-17-37-18-20-39-22-24-43-32(36)28-14-8-6-12-26(28)30(34)41-16-10-4-2-1-3-9-15-40-29/h1-2,5-8,11-14H,3-4,9-10,15-24H2/b2-1+. The first-order valence-corrected chi connectivity index (χ1v) is 14.3. The second kappa shape index (κ2) is 20.0. The van der Waals surface area contributed by atoms with Crippen LogP contribution >= 0.6 is 0 Å². The lowest BCUT2D eigenvalue weighted by atomic mass is 10.1. The Morgan fingerprint density at radius 2 is 0.651 bits per heavy atom. The van der Waals surface area contributed by atoms with Crippen LogP contribution in [0.3, 0.4) is 0 Å². The van der Waals surface area contributed by atoms with Gasteiger partial charge in [0.05, 0.1) is 75.1 Å². The first-order chi connectivity index (χ1) is 21.1. The summed E-state index contributed by atoms with van der Waals surface area (Å²) in [6.07, 6.45) is 6.49. The van der Waals surface area contributed by atoms with Gasteiger partial charge in [-0.15, -0.1) is 0 Å². The third-order valence-electron chi connectivity index (χ3n) is 6.06. The van der Waals surface area contributed by atoms with Crippen LogP contribution in [0.2, 0.25) is 0 Å². The molecule has 0 radical (unpaired) electrons. The number of hydrogen-bond donors (Lipinski definition) is 0. The average Bonchev–Trinajstić information content (AvgIpc) is 3.03. The van der Waals surface area contributed by atoms with Crippen LogP contribution in [0.15, 0.2) is 60.7 Å². The van der Waals surface area contributed by atoms with Gasteiger partial charge in [-0.1, -0.05) is 36.4 Å². The third-order valence-corrected chi connectivity index (χ3v) is 6.06. The molecule has 0 unspecified atom stereocenters. The van der Waals surface area contributed by atoms with E-state index >= 15 is 0 Å². The minimum absolute atomic E-state index is 0.0150. The lowest BCUT2D eigenvalue weighted by molar-refractivity contribution is -0.00687. The fourth-order valence-corrected chi connectivity index (χ4v) is 3.89. The highest BCUT2D eigenvalue weighted by atomic mass is 16.6. The molecule has 2 aromatic rings. The zero-order chi connectivity index (χ0) is 30.5. The minimum atomic E-state index is -0.636. The molecular formula is C32H38O11. The average molecular weight is 599 g/mol. The van der Waals surface area contributed by atoms with Crippen molar-refractivity contribution >= 4 is 23.9 Å². The zero-order valence-electron chi connectivity index (χ0n) is 24.2. The number of allylic oxidation sites excluding steroid dienone is 2. The van der Waals surface area contributed by atoms with Crippen molar-refractivity contribution in [2.45, 2.75) is 25.7 Å². The van der Waals surface area contributed by atoms with E-state index < -0.39 is 23.9 Å². The van der Waals surface area contributed by atoms with Crippen LogP contribution in [0.5, 0.6) is 0 Å². The summed E-state index contributed by atoms with van der Waals surface area (Å²) in [4.78, 5) is 50.2. The highest BCUT2D eigenvalue weighted by molar-refractivity contribution is 6.03. The molecule has 43 heavy (non-hydrogen) atoms. The molecule has 232 valence electrons. The predicted octanol–water partition coefficient (Wildman–Crippen LogP) is 4.19. The van der Waals surface area contributed by atoms with Crippen LogP contribution in [0.4, 0.5) is 0 Å². The number of ether oxygens (including phenoxy) is 7. The molecule has 0 amide bonds. The number of hydrogen-bond acceptors (Lipinski definition) is 11. The van der Waals surface area contributed by atoms with Gasteiger partial charge in [0.15, 0.2) is 0 Å². The highest BCUT2D eigenvalue weighted by Crippen LogP contribution is 2.14. The van der Waals surface area contributed by atoms with Gasteiger partial charge in [0, 0.05) is 0 Å². The highest BCUT2D eigenvalue weighted by Gasteiger charge is 2.20. The van der Waals surface area contributed by atoms with Gasteiger partial charge in [-0.05, 0) is 49.9 Å². The van der Waals surface area contributed by atoms with E-state index in [0.29, 0.717) is 38.9 Å². The smallest absolute Gasteiger partial charge is 0.339 e.